The molecule has 100 valence electrons. The van der Waals surface area contributed by atoms with E-state index in [1.807, 2.05) is 61.3 Å². The van der Waals surface area contributed by atoms with Crippen LogP contribution in [0.1, 0.15) is 5.56 Å². The van der Waals surface area contributed by atoms with Crippen LogP contribution in [0.15, 0.2) is 53.4 Å². The number of aryl methyl sites for hydroxylation is 1. The quantitative estimate of drug-likeness (QED) is 0.863. The van der Waals surface area contributed by atoms with E-state index in [0.29, 0.717) is 10.6 Å². The third-order valence-corrected chi connectivity index (χ3v) is 4.15. The summed E-state index contributed by atoms with van der Waals surface area (Å²) in [6.45, 7) is 1.89. The summed E-state index contributed by atoms with van der Waals surface area (Å²) in [6.07, 6.45) is 1.24. The predicted molar refractivity (Wildman–Crippen MR) is 78.8 cm³/mol. The molecule has 2 aromatic rings. The summed E-state index contributed by atoms with van der Waals surface area (Å²) in [5.74, 6) is 0. The number of hydrogen-bond acceptors (Lipinski definition) is 3. The molecule has 2 rings (SSSR count). The van der Waals surface area contributed by atoms with Gasteiger partial charge in [-0.15, -0.1) is 0 Å². The van der Waals surface area contributed by atoms with Gasteiger partial charge in [-0.1, -0.05) is 24.3 Å². The van der Waals surface area contributed by atoms with E-state index >= 15 is 0 Å². The van der Waals surface area contributed by atoms with Gasteiger partial charge in [0.2, 0.25) is 0 Å². The molecule has 4 heteroatoms. The minimum atomic E-state index is -3.25. The molecular weight excluding hydrogens is 258 g/mol. The van der Waals surface area contributed by atoms with Gasteiger partial charge in [0.1, 0.15) is 0 Å². The van der Waals surface area contributed by atoms with Gasteiger partial charge in [0.15, 0.2) is 9.84 Å². The Labute approximate surface area is 114 Å². The second-order valence-electron chi connectivity index (χ2n) is 4.64. The molecule has 0 radical (unpaired) electrons. The van der Waals surface area contributed by atoms with Crippen molar-refractivity contribution >= 4 is 21.2 Å². The van der Waals surface area contributed by atoms with Crippen LogP contribution in [0.4, 0.5) is 11.4 Å². The molecule has 0 aromatic heterocycles. The van der Waals surface area contributed by atoms with Gasteiger partial charge in [-0.25, -0.2) is 8.42 Å². The van der Waals surface area contributed by atoms with Crippen LogP contribution in [-0.2, 0) is 9.84 Å². The minimum absolute atomic E-state index is 0.360. The summed E-state index contributed by atoms with van der Waals surface area (Å²) in [4.78, 5) is 2.24. The summed E-state index contributed by atoms with van der Waals surface area (Å²) in [5, 5.41) is 0. The van der Waals surface area contributed by atoms with Crippen LogP contribution >= 0.6 is 0 Å². The molecule has 0 N–H and O–H groups in total. The Kier molecular flexibility index (Phi) is 3.62. The van der Waals surface area contributed by atoms with Crippen LogP contribution in [0.3, 0.4) is 0 Å². The van der Waals surface area contributed by atoms with Crippen LogP contribution in [0.2, 0.25) is 0 Å². The number of anilines is 2. The van der Waals surface area contributed by atoms with Crippen molar-refractivity contribution in [2.24, 2.45) is 0 Å². The smallest absolute Gasteiger partial charge is 0.177 e. The summed E-state index contributed by atoms with van der Waals surface area (Å²) in [7, 11) is -1.38. The molecule has 0 heterocycles. The SMILES string of the molecule is Cc1ccc(N(C)c2ccccc2)c(S(C)(=O)=O)c1. The Balaban J connectivity index is 2.57. The maximum atomic E-state index is 11.9. The lowest BCUT2D eigenvalue weighted by Crippen LogP contribution is -2.13. The summed E-state index contributed by atoms with van der Waals surface area (Å²) in [6, 6.07) is 15.2. The van der Waals surface area contributed by atoms with E-state index in [1.165, 1.54) is 6.26 Å². The Bertz CT molecular complexity index is 679. The molecule has 0 fully saturated rings. The maximum Gasteiger partial charge on any atom is 0.177 e. The van der Waals surface area contributed by atoms with Crippen LogP contribution in [0, 0.1) is 6.92 Å². The van der Waals surface area contributed by atoms with E-state index < -0.39 is 9.84 Å². The van der Waals surface area contributed by atoms with Gasteiger partial charge in [0.25, 0.3) is 0 Å². The molecular formula is C15H17NO2S. The fourth-order valence-electron chi connectivity index (χ4n) is 1.99. The molecule has 3 nitrogen and oxygen atoms in total. The zero-order valence-corrected chi connectivity index (χ0v) is 12.1. The Morgan fingerprint density at radius 3 is 2.21 bits per heavy atom. The van der Waals surface area contributed by atoms with Gasteiger partial charge in [-0.2, -0.15) is 0 Å². The second-order valence-corrected chi connectivity index (χ2v) is 6.62. The number of nitrogens with zero attached hydrogens (tertiary/aromatic N) is 1. The zero-order chi connectivity index (χ0) is 14.0. The molecule has 19 heavy (non-hydrogen) atoms. The van der Waals surface area contributed by atoms with Crippen molar-refractivity contribution in [1.82, 2.24) is 0 Å². The largest absolute Gasteiger partial charge is 0.344 e. The summed E-state index contributed by atoms with van der Waals surface area (Å²) in [5.41, 5.74) is 2.58. The fraction of sp³-hybridized carbons (Fsp3) is 0.200. The number of rotatable bonds is 3. The van der Waals surface area contributed by atoms with Crippen LogP contribution in [0.5, 0.6) is 0 Å². The minimum Gasteiger partial charge on any atom is -0.344 e. The lowest BCUT2D eigenvalue weighted by molar-refractivity contribution is 0.602. The van der Waals surface area contributed by atoms with Crippen LogP contribution in [0.25, 0.3) is 0 Å². The third-order valence-electron chi connectivity index (χ3n) is 3.02. The Hall–Kier alpha value is -1.81. The van der Waals surface area contributed by atoms with Gasteiger partial charge < -0.3 is 4.90 Å². The molecule has 0 spiro atoms. The van der Waals surface area contributed by atoms with E-state index in [4.69, 9.17) is 0 Å². The number of sulfone groups is 1. The number of para-hydroxylation sites is 1. The van der Waals surface area contributed by atoms with Crippen molar-refractivity contribution in [1.29, 1.82) is 0 Å². The lowest BCUT2D eigenvalue weighted by atomic mass is 10.2. The van der Waals surface area contributed by atoms with Crippen molar-refractivity contribution < 1.29 is 8.42 Å². The van der Waals surface area contributed by atoms with E-state index in [9.17, 15) is 8.42 Å². The first-order chi connectivity index (χ1) is 8.89. The van der Waals surface area contributed by atoms with E-state index in [2.05, 4.69) is 0 Å². The molecule has 0 amide bonds. The highest BCUT2D eigenvalue weighted by atomic mass is 32.2. The topological polar surface area (TPSA) is 37.4 Å². The van der Waals surface area contributed by atoms with Crippen molar-refractivity contribution in [2.75, 3.05) is 18.2 Å². The van der Waals surface area contributed by atoms with Crippen LogP contribution < -0.4 is 4.90 Å². The second kappa shape index (κ2) is 5.05. The van der Waals surface area contributed by atoms with E-state index in [0.717, 1.165) is 11.3 Å². The van der Waals surface area contributed by atoms with Crippen molar-refractivity contribution in [3.63, 3.8) is 0 Å². The van der Waals surface area contributed by atoms with E-state index in [1.54, 1.807) is 6.07 Å². The molecule has 0 aliphatic carbocycles. The molecule has 0 bridgehead atoms. The first-order valence-electron chi connectivity index (χ1n) is 5.99. The molecule has 0 aliphatic rings. The molecule has 0 unspecified atom stereocenters. The molecule has 0 aliphatic heterocycles. The third kappa shape index (κ3) is 2.96. The van der Waals surface area contributed by atoms with E-state index in [-0.39, 0.29) is 0 Å². The highest BCUT2D eigenvalue weighted by Gasteiger charge is 2.17. The molecule has 0 saturated heterocycles. The average Bonchev–Trinajstić information content (AvgIpc) is 2.38. The van der Waals surface area contributed by atoms with Crippen molar-refractivity contribution in [3.05, 3.63) is 54.1 Å². The van der Waals surface area contributed by atoms with Gasteiger partial charge in [0.05, 0.1) is 10.6 Å². The lowest BCUT2D eigenvalue weighted by Gasteiger charge is -2.22. The highest BCUT2D eigenvalue weighted by Crippen LogP contribution is 2.30. The number of benzene rings is 2. The zero-order valence-electron chi connectivity index (χ0n) is 11.3. The van der Waals surface area contributed by atoms with Crippen molar-refractivity contribution in [2.45, 2.75) is 11.8 Å². The maximum absolute atomic E-state index is 11.9. The monoisotopic (exact) mass is 275 g/mol. The van der Waals surface area contributed by atoms with Gasteiger partial charge in [0, 0.05) is 19.0 Å². The standard InChI is InChI=1S/C15H17NO2S/c1-12-9-10-14(15(11-12)19(3,17)18)16(2)13-7-5-4-6-8-13/h4-11H,1-3H3. The van der Waals surface area contributed by atoms with Crippen LogP contribution in [-0.4, -0.2) is 21.7 Å². The molecule has 0 atom stereocenters. The summed E-state index contributed by atoms with van der Waals surface area (Å²) < 4.78 is 23.8. The molecule has 0 saturated carbocycles. The Morgan fingerprint density at radius 2 is 1.63 bits per heavy atom. The first-order valence-corrected chi connectivity index (χ1v) is 7.88. The van der Waals surface area contributed by atoms with Gasteiger partial charge in [-0.05, 0) is 36.8 Å². The van der Waals surface area contributed by atoms with Gasteiger partial charge >= 0.3 is 0 Å². The average molecular weight is 275 g/mol. The number of hydrogen-bond donors (Lipinski definition) is 0. The van der Waals surface area contributed by atoms with Gasteiger partial charge in [-0.3, -0.25) is 0 Å². The first kappa shape index (κ1) is 13.6. The summed E-state index contributed by atoms with van der Waals surface area (Å²) >= 11 is 0. The predicted octanol–water partition coefficient (Wildman–Crippen LogP) is 3.17. The van der Waals surface area contributed by atoms with Crippen molar-refractivity contribution in [3.8, 4) is 0 Å². The highest BCUT2D eigenvalue weighted by molar-refractivity contribution is 7.90. The molecule has 2 aromatic carbocycles. The Morgan fingerprint density at radius 1 is 1.00 bits per heavy atom. The fourth-order valence-corrected chi connectivity index (χ4v) is 2.97. The normalized spacial score (nSPS) is 11.3.